The third-order valence-corrected chi connectivity index (χ3v) is 7.53. The number of carbonyl (C=O) groups excluding carboxylic acids is 1. The number of amides is 1. The van der Waals surface area contributed by atoms with Crippen LogP contribution in [0.1, 0.15) is 12.8 Å². The number of halogens is 1. The Morgan fingerprint density at radius 1 is 1.15 bits per heavy atom. The fourth-order valence-electron chi connectivity index (χ4n) is 3.01. The summed E-state index contributed by atoms with van der Waals surface area (Å²) in [4.78, 5) is 13.8. The molecule has 0 unspecified atom stereocenters. The maximum absolute atomic E-state index is 12.9. The molecule has 5 nitrogen and oxygen atoms in total. The number of hydrogen-bond donors (Lipinski definition) is 1. The first-order valence-corrected chi connectivity index (χ1v) is 11.5. The summed E-state index contributed by atoms with van der Waals surface area (Å²) >= 11 is 7.49. The zero-order chi connectivity index (χ0) is 19.3. The first-order chi connectivity index (χ1) is 13.0. The predicted molar refractivity (Wildman–Crippen MR) is 109 cm³/mol. The average molecular weight is 425 g/mol. The van der Waals surface area contributed by atoms with Gasteiger partial charge in [-0.05, 0) is 49.2 Å². The first kappa shape index (κ1) is 20.2. The lowest BCUT2D eigenvalue weighted by atomic mass is 10.2. The summed E-state index contributed by atoms with van der Waals surface area (Å²) < 4.78 is 27.1. The molecule has 1 amide bonds. The number of nitrogens with one attached hydrogen (secondary N) is 1. The van der Waals surface area contributed by atoms with E-state index >= 15 is 0 Å². The molecule has 0 aliphatic carbocycles. The van der Waals surface area contributed by atoms with Crippen LogP contribution in [0.15, 0.2) is 64.4 Å². The first-order valence-electron chi connectivity index (χ1n) is 8.71. The molecule has 1 N–H and O–H groups in total. The molecule has 3 rings (SSSR count). The van der Waals surface area contributed by atoms with Gasteiger partial charge >= 0.3 is 0 Å². The van der Waals surface area contributed by atoms with Gasteiger partial charge in [-0.3, -0.25) is 4.79 Å². The van der Waals surface area contributed by atoms with Crippen molar-refractivity contribution in [3.05, 3.63) is 59.6 Å². The Morgan fingerprint density at radius 2 is 1.85 bits per heavy atom. The molecule has 1 aliphatic rings. The summed E-state index contributed by atoms with van der Waals surface area (Å²) in [6, 6.07) is 15.3. The van der Waals surface area contributed by atoms with Crippen molar-refractivity contribution in [3.8, 4) is 0 Å². The van der Waals surface area contributed by atoms with Gasteiger partial charge in [0.15, 0.2) is 0 Å². The number of hydrogen-bond acceptors (Lipinski definition) is 4. The van der Waals surface area contributed by atoms with E-state index in [-0.39, 0.29) is 10.8 Å². The fraction of sp³-hybridized carbons (Fsp3) is 0.316. The van der Waals surface area contributed by atoms with Crippen LogP contribution in [0.3, 0.4) is 0 Å². The molecule has 8 heteroatoms. The van der Waals surface area contributed by atoms with E-state index in [2.05, 4.69) is 5.32 Å². The van der Waals surface area contributed by atoms with Crippen molar-refractivity contribution in [1.29, 1.82) is 0 Å². The lowest BCUT2D eigenvalue weighted by Crippen LogP contribution is -2.46. The van der Waals surface area contributed by atoms with Gasteiger partial charge in [0.2, 0.25) is 15.9 Å². The highest BCUT2D eigenvalue weighted by molar-refractivity contribution is 7.99. The van der Waals surface area contributed by atoms with E-state index in [0.29, 0.717) is 31.0 Å². The highest BCUT2D eigenvalue weighted by Gasteiger charge is 2.39. The molecular weight excluding hydrogens is 404 g/mol. The van der Waals surface area contributed by atoms with Crippen LogP contribution < -0.4 is 5.32 Å². The van der Waals surface area contributed by atoms with Crippen molar-refractivity contribution in [2.24, 2.45) is 0 Å². The van der Waals surface area contributed by atoms with Crippen LogP contribution in [0.25, 0.3) is 0 Å². The van der Waals surface area contributed by atoms with Gasteiger partial charge in [0, 0.05) is 28.8 Å². The molecule has 0 saturated carbocycles. The lowest BCUT2D eigenvalue weighted by molar-refractivity contribution is -0.124. The van der Waals surface area contributed by atoms with E-state index in [1.165, 1.54) is 16.4 Å². The molecule has 144 valence electrons. The molecule has 0 radical (unpaired) electrons. The molecule has 0 spiro atoms. The highest BCUT2D eigenvalue weighted by atomic mass is 35.5. The summed E-state index contributed by atoms with van der Waals surface area (Å²) in [6.45, 7) is 0.839. The second-order valence-electron chi connectivity index (χ2n) is 6.18. The number of carbonyl (C=O) groups is 1. The van der Waals surface area contributed by atoms with Crippen molar-refractivity contribution >= 4 is 39.3 Å². The standard InChI is InChI=1S/C19H21ClN2O3S2/c20-15-8-10-17(11-9-15)27(24,25)22-13-4-7-18(22)19(23)21-12-14-26-16-5-2-1-3-6-16/h1-3,5-6,8-11,18H,4,7,12-14H2,(H,21,23)/t18-/m0/s1. The van der Waals surface area contributed by atoms with Crippen molar-refractivity contribution in [2.75, 3.05) is 18.8 Å². The molecule has 1 heterocycles. The number of sulfonamides is 1. The zero-order valence-electron chi connectivity index (χ0n) is 14.7. The van der Waals surface area contributed by atoms with Crippen LogP contribution in [0.4, 0.5) is 0 Å². The molecule has 0 aromatic heterocycles. The number of thioether (sulfide) groups is 1. The van der Waals surface area contributed by atoms with Crippen LogP contribution in [0.5, 0.6) is 0 Å². The second kappa shape index (κ2) is 9.10. The van der Waals surface area contributed by atoms with Crippen LogP contribution in [0.2, 0.25) is 5.02 Å². The van der Waals surface area contributed by atoms with Crippen LogP contribution in [-0.2, 0) is 14.8 Å². The van der Waals surface area contributed by atoms with Gasteiger partial charge in [-0.25, -0.2) is 8.42 Å². The third kappa shape index (κ3) is 5.04. The SMILES string of the molecule is O=C(NCCSc1ccccc1)[C@@H]1CCCN1S(=O)(=O)c1ccc(Cl)cc1. The van der Waals surface area contributed by atoms with Gasteiger partial charge in [0.05, 0.1) is 4.90 Å². The van der Waals surface area contributed by atoms with E-state index in [9.17, 15) is 13.2 Å². The Hall–Kier alpha value is -1.54. The highest BCUT2D eigenvalue weighted by Crippen LogP contribution is 2.27. The van der Waals surface area contributed by atoms with E-state index < -0.39 is 16.1 Å². The number of rotatable bonds is 7. The lowest BCUT2D eigenvalue weighted by Gasteiger charge is -2.23. The van der Waals surface area contributed by atoms with Crippen LogP contribution >= 0.6 is 23.4 Å². The van der Waals surface area contributed by atoms with Crippen LogP contribution in [-0.4, -0.2) is 43.5 Å². The Labute approximate surface area is 169 Å². The van der Waals surface area contributed by atoms with Gasteiger partial charge in [0.25, 0.3) is 0 Å². The average Bonchev–Trinajstić information content (AvgIpc) is 3.17. The quantitative estimate of drug-likeness (QED) is 0.546. The zero-order valence-corrected chi connectivity index (χ0v) is 17.1. The van der Waals surface area contributed by atoms with Crippen molar-refractivity contribution in [3.63, 3.8) is 0 Å². The summed E-state index contributed by atoms with van der Waals surface area (Å²) in [5.41, 5.74) is 0. The molecule has 1 aliphatic heterocycles. The van der Waals surface area contributed by atoms with Crippen molar-refractivity contribution < 1.29 is 13.2 Å². The van der Waals surface area contributed by atoms with Crippen molar-refractivity contribution in [1.82, 2.24) is 9.62 Å². The van der Waals surface area contributed by atoms with E-state index in [1.54, 1.807) is 23.9 Å². The maximum atomic E-state index is 12.9. The topological polar surface area (TPSA) is 66.5 Å². The molecule has 1 saturated heterocycles. The summed E-state index contributed by atoms with van der Waals surface area (Å²) in [6.07, 6.45) is 1.20. The Kier molecular flexibility index (Phi) is 6.81. The molecule has 2 aromatic rings. The summed E-state index contributed by atoms with van der Waals surface area (Å²) in [5.74, 6) is 0.491. The molecule has 27 heavy (non-hydrogen) atoms. The van der Waals surface area contributed by atoms with Gasteiger partial charge < -0.3 is 5.32 Å². The normalized spacial score (nSPS) is 17.7. The van der Waals surface area contributed by atoms with Crippen LogP contribution in [0, 0.1) is 0 Å². The molecule has 2 aromatic carbocycles. The minimum atomic E-state index is -3.71. The minimum Gasteiger partial charge on any atom is -0.354 e. The second-order valence-corrected chi connectivity index (χ2v) is 9.68. The fourth-order valence-corrected chi connectivity index (χ4v) is 5.58. The maximum Gasteiger partial charge on any atom is 0.243 e. The predicted octanol–water partition coefficient (Wildman–Crippen LogP) is 3.40. The Balaban J connectivity index is 1.58. The molecule has 0 bridgehead atoms. The Morgan fingerprint density at radius 3 is 2.56 bits per heavy atom. The van der Waals surface area contributed by atoms with E-state index in [1.807, 2.05) is 30.3 Å². The number of benzene rings is 2. The van der Waals surface area contributed by atoms with Crippen molar-refractivity contribution in [2.45, 2.75) is 28.7 Å². The third-order valence-electron chi connectivity index (χ3n) is 4.34. The summed E-state index contributed by atoms with van der Waals surface area (Å²) in [5, 5.41) is 3.34. The van der Waals surface area contributed by atoms with E-state index in [0.717, 1.165) is 10.6 Å². The van der Waals surface area contributed by atoms with Gasteiger partial charge in [-0.15, -0.1) is 11.8 Å². The van der Waals surface area contributed by atoms with Gasteiger partial charge in [0.1, 0.15) is 6.04 Å². The monoisotopic (exact) mass is 424 g/mol. The summed E-state index contributed by atoms with van der Waals surface area (Å²) in [7, 11) is -3.71. The Bertz CT molecular complexity index is 874. The molecule has 1 fully saturated rings. The van der Waals surface area contributed by atoms with Gasteiger partial charge in [-0.1, -0.05) is 29.8 Å². The molecular formula is C19H21ClN2O3S2. The van der Waals surface area contributed by atoms with E-state index in [4.69, 9.17) is 11.6 Å². The minimum absolute atomic E-state index is 0.159. The molecule has 1 atom stereocenters. The number of nitrogens with zero attached hydrogens (tertiary/aromatic N) is 1. The largest absolute Gasteiger partial charge is 0.354 e. The smallest absolute Gasteiger partial charge is 0.243 e. The van der Waals surface area contributed by atoms with Gasteiger partial charge in [-0.2, -0.15) is 4.31 Å².